The number of anilines is 1. The smallest absolute Gasteiger partial charge is 0.248 e. The first kappa shape index (κ1) is 13.2. The van der Waals surface area contributed by atoms with Crippen LogP contribution in [-0.2, 0) is 11.2 Å². The lowest BCUT2D eigenvalue weighted by Gasteiger charge is -2.17. The molecule has 0 bridgehead atoms. The molecular formula is C17H21NO2. The largest absolute Gasteiger partial charge is 0.493 e. The lowest BCUT2D eigenvalue weighted by atomic mass is 9.89. The van der Waals surface area contributed by atoms with Crippen LogP contribution in [0.3, 0.4) is 0 Å². The van der Waals surface area contributed by atoms with Crippen LogP contribution in [0.2, 0.25) is 0 Å². The van der Waals surface area contributed by atoms with E-state index in [1.165, 1.54) is 32.1 Å². The van der Waals surface area contributed by atoms with Gasteiger partial charge in [-0.15, -0.1) is 0 Å². The third-order valence-electron chi connectivity index (χ3n) is 4.17. The molecule has 20 heavy (non-hydrogen) atoms. The Hall–Kier alpha value is -1.77. The van der Waals surface area contributed by atoms with E-state index in [9.17, 15) is 4.79 Å². The molecule has 3 rings (SSSR count). The second kappa shape index (κ2) is 6.12. The van der Waals surface area contributed by atoms with E-state index in [-0.39, 0.29) is 5.91 Å². The Kier molecular flexibility index (Phi) is 4.05. The van der Waals surface area contributed by atoms with E-state index in [0.29, 0.717) is 12.5 Å². The molecule has 2 aliphatic rings. The molecule has 106 valence electrons. The predicted octanol–water partition coefficient (Wildman–Crippen LogP) is 3.70. The summed E-state index contributed by atoms with van der Waals surface area (Å²) in [5, 5.41) is 2.98. The first-order valence-corrected chi connectivity index (χ1v) is 7.57. The number of carbonyl (C=O) groups excluding carboxylic acids is 1. The van der Waals surface area contributed by atoms with Crippen molar-refractivity contribution in [2.75, 3.05) is 11.9 Å². The highest BCUT2D eigenvalue weighted by atomic mass is 16.5. The molecule has 3 heteroatoms. The van der Waals surface area contributed by atoms with E-state index in [1.807, 2.05) is 18.2 Å². The number of carbonyl (C=O) groups is 1. The van der Waals surface area contributed by atoms with Crippen LogP contribution in [0.25, 0.3) is 0 Å². The summed E-state index contributed by atoms with van der Waals surface area (Å²) in [5.74, 6) is 1.45. The Bertz CT molecular complexity index is 516. The Morgan fingerprint density at radius 1 is 1.25 bits per heavy atom. The fraction of sp³-hybridized carbons (Fsp3) is 0.471. The van der Waals surface area contributed by atoms with Gasteiger partial charge in [-0.1, -0.05) is 31.4 Å². The Morgan fingerprint density at radius 2 is 2.10 bits per heavy atom. The monoisotopic (exact) mass is 271 g/mol. The van der Waals surface area contributed by atoms with Gasteiger partial charge < -0.3 is 10.1 Å². The summed E-state index contributed by atoms with van der Waals surface area (Å²) in [6.45, 7) is 0.708. The number of allylic oxidation sites excluding steroid dienone is 1. The summed E-state index contributed by atoms with van der Waals surface area (Å²) in [6.07, 6.45) is 11.0. The number of rotatable bonds is 3. The number of nitrogens with one attached hydrogen (secondary N) is 1. The van der Waals surface area contributed by atoms with E-state index in [2.05, 4.69) is 11.4 Å². The SMILES string of the molecule is O=C(/C=C/C1CCCCC1)Nc1cccc2c1CCO2. The highest BCUT2D eigenvalue weighted by molar-refractivity contribution is 6.00. The van der Waals surface area contributed by atoms with E-state index in [1.54, 1.807) is 6.08 Å². The normalized spacial score (nSPS) is 18.8. The number of fused-ring (bicyclic) bond motifs is 1. The maximum Gasteiger partial charge on any atom is 0.248 e. The molecule has 3 nitrogen and oxygen atoms in total. The molecule has 0 unspecified atom stereocenters. The van der Waals surface area contributed by atoms with Crippen molar-refractivity contribution in [3.05, 3.63) is 35.9 Å². The van der Waals surface area contributed by atoms with Crippen molar-refractivity contribution in [2.45, 2.75) is 38.5 Å². The predicted molar refractivity (Wildman–Crippen MR) is 80.0 cm³/mol. The van der Waals surface area contributed by atoms with Crippen LogP contribution < -0.4 is 10.1 Å². The summed E-state index contributed by atoms with van der Waals surface area (Å²) in [4.78, 5) is 12.0. The van der Waals surface area contributed by atoms with Gasteiger partial charge in [0.2, 0.25) is 5.91 Å². The van der Waals surface area contributed by atoms with Gasteiger partial charge in [0.05, 0.1) is 6.61 Å². The van der Waals surface area contributed by atoms with Crippen LogP contribution in [-0.4, -0.2) is 12.5 Å². The van der Waals surface area contributed by atoms with Gasteiger partial charge in [0.1, 0.15) is 5.75 Å². The van der Waals surface area contributed by atoms with E-state index in [0.717, 1.165) is 23.4 Å². The summed E-state index contributed by atoms with van der Waals surface area (Å²) in [5.41, 5.74) is 2.00. The minimum atomic E-state index is -0.0316. The Morgan fingerprint density at radius 3 is 2.95 bits per heavy atom. The zero-order valence-corrected chi connectivity index (χ0v) is 11.7. The molecule has 1 N–H and O–H groups in total. The fourth-order valence-corrected chi connectivity index (χ4v) is 3.06. The zero-order chi connectivity index (χ0) is 13.8. The van der Waals surface area contributed by atoms with Crippen molar-refractivity contribution < 1.29 is 9.53 Å². The molecule has 1 fully saturated rings. The first-order chi connectivity index (χ1) is 9.83. The lowest BCUT2D eigenvalue weighted by molar-refractivity contribution is -0.111. The quantitative estimate of drug-likeness (QED) is 0.851. The highest BCUT2D eigenvalue weighted by Gasteiger charge is 2.16. The molecule has 1 aliphatic heterocycles. The lowest BCUT2D eigenvalue weighted by Crippen LogP contribution is -2.11. The standard InChI is InChI=1S/C17H21NO2/c19-17(10-9-13-5-2-1-3-6-13)18-15-7-4-8-16-14(15)11-12-20-16/h4,7-10,13H,1-3,5-6,11-12H2,(H,18,19)/b10-9+. The molecule has 0 radical (unpaired) electrons. The topological polar surface area (TPSA) is 38.3 Å². The summed E-state index contributed by atoms with van der Waals surface area (Å²) in [7, 11) is 0. The van der Waals surface area contributed by atoms with Gasteiger partial charge in [0, 0.05) is 17.7 Å². The van der Waals surface area contributed by atoms with E-state index < -0.39 is 0 Å². The molecule has 1 amide bonds. The molecule has 1 saturated carbocycles. The minimum Gasteiger partial charge on any atom is -0.493 e. The average Bonchev–Trinajstić information content (AvgIpc) is 2.96. The number of hydrogen-bond acceptors (Lipinski definition) is 2. The molecular weight excluding hydrogens is 250 g/mol. The number of ether oxygens (including phenoxy) is 1. The highest BCUT2D eigenvalue weighted by Crippen LogP contribution is 2.31. The second-order valence-corrected chi connectivity index (χ2v) is 5.63. The third kappa shape index (κ3) is 3.03. The van der Waals surface area contributed by atoms with Crippen LogP contribution in [0.5, 0.6) is 5.75 Å². The van der Waals surface area contributed by atoms with Crippen LogP contribution >= 0.6 is 0 Å². The molecule has 0 atom stereocenters. The van der Waals surface area contributed by atoms with Crippen molar-refractivity contribution in [2.24, 2.45) is 5.92 Å². The molecule has 0 saturated heterocycles. The van der Waals surface area contributed by atoms with Crippen molar-refractivity contribution in [1.82, 2.24) is 0 Å². The van der Waals surface area contributed by atoms with E-state index >= 15 is 0 Å². The molecule has 1 aromatic carbocycles. The third-order valence-corrected chi connectivity index (χ3v) is 4.17. The van der Waals surface area contributed by atoms with Crippen LogP contribution in [0.1, 0.15) is 37.7 Å². The van der Waals surface area contributed by atoms with Gasteiger partial charge in [0.25, 0.3) is 0 Å². The zero-order valence-electron chi connectivity index (χ0n) is 11.7. The average molecular weight is 271 g/mol. The number of hydrogen-bond donors (Lipinski definition) is 1. The molecule has 1 heterocycles. The van der Waals surface area contributed by atoms with Crippen molar-refractivity contribution in [3.8, 4) is 5.75 Å². The minimum absolute atomic E-state index is 0.0316. The summed E-state index contributed by atoms with van der Waals surface area (Å²) >= 11 is 0. The molecule has 0 aromatic heterocycles. The van der Waals surface area contributed by atoms with Crippen LogP contribution in [0, 0.1) is 5.92 Å². The maximum atomic E-state index is 12.0. The Labute approximate surface area is 120 Å². The molecule has 1 aliphatic carbocycles. The van der Waals surface area contributed by atoms with Crippen LogP contribution in [0.4, 0.5) is 5.69 Å². The second-order valence-electron chi connectivity index (χ2n) is 5.63. The summed E-state index contributed by atoms with van der Waals surface area (Å²) in [6, 6.07) is 5.82. The van der Waals surface area contributed by atoms with Crippen LogP contribution in [0.15, 0.2) is 30.4 Å². The van der Waals surface area contributed by atoms with Gasteiger partial charge in [-0.3, -0.25) is 4.79 Å². The van der Waals surface area contributed by atoms with Crippen molar-refractivity contribution >= 4 is 11.6 Å². The Balaban J connectivity index is 1.61. The number of amides is 1. The van der Waals surface area contributed by atoms with Crippen molar-refractivity contribution in [3.63, 3.8) is 0 Å². The molecule has 1 aromatic rings. The van der Waals surface area contributed by atoms with E-state index in [4.69, 9.17) is 4.74 Å². The van der Waals surface area contributed by atoms with Gasteiger partial charge in [-0.25, -0.2) is 0 Å². The van der Waals surface area contributed by atoms with Gasteiger partial charge in [-0.2, -0.15) is 0 Å². The maximum absolute atomic E-state index is 12.0. The molecule has 0 spiro atoms. The van der Waals surface area contributed by atoms with Crippen molar-refractivity contribution in [1.29, 1.82) is 0 Å². The first-order valence-electron chi connectivity index (χ1n) is 7.57. The van der Waals surface area contributed by atoms with Gasteiger partial charge in [0.15, 0.2) is 0 Å². The van der Waals surface area contributed by atoms with Gasteiger partial charge in [-0.05, 0) is 37.0 Å². The number of benzene rings is 1. The fourth-order valence-electron chi connectivity index (χ4n) is 3.06. The summed E-state index contributed by atoms with van der Waals surface area (Å²) < 4.78 is 5.51. The van der Waals surface area contributed by atoms with Gasteiger partial charge >= 0.3 is 0 Å².